The van der Waals surface area contributed by atoms with Crippen molar-refractivity contribution >= 4 is 33.4 Å². The monoisotopic (exact) mass is 324 g/mol. The third-order valence-corrected chi connectivity index (χ3v) is 4.12. The number of hydrogen-bond acceptors (Lipinski definition) is 2. The van der Waals surface area contributed by atoms with E-state index in [0.29, 0.717) is 0 Å². The lowest BCUT2D eigenvalue weighted by Gasteiger charge is -2.17. The Hall–Kier alpha value is -1.36. The van der Waals surface area contributed by atoms with Crippen LogP contribution in [-0.4, -0.2) is 17.9 Å². The average Bonchev–Trinajstić information content (AvgIpc) is 2.55. The number of carbonyl (C=O) groups excluding carboxylic acids is 2. The van der Waals surface area contributed by atoms with Gasteiger partial charge in [-0.05, 0) is 45.6 Å². The van der Waals surface area contributed by atoms with Gasteiger partial charge in [-0.25, -0.2) is 0 Å². The fourth-order valence-corrected chi connectivity index (χ4v) is 3.07. The van der Waals surface area contributed by atoms with Crippen molar-refractivity contribution in [3.8, 4) is 0 Å². The number of rotatable bonds is 2. The summed E-state index contributed by atoms with van der Waals surface area (Å²) in [6.45, 7) is 5.12. The quantitative estimate of drug-likeness (QED) is 0.878. The molecule has 19 heavy (non-hydrogen) atoms. The lowest BCUT2D eigenvalue weighted by Crippen LogP contribution is -2.35. The molecule has 0 spiro atoms. The van der Waals surface area contributed by atoms with Crippen LogP contribution in [0.1, 0.15) is 37.8 Å². The Bertz CT molecular complexity index is 542. The molecule has 0 heterocycles. The number of amides is 2. The van der Waals surface area contributed by atoms with Gasteiger partial charge >= 0.3 is 0 Å². The van der Waals surface area contributed by atoms with Gasteiger partial charge in [0, 0.05) is 30.3 Å². The van der Waals surface area contributed by atoms with Crippen LogP contribution >= 0.6 is 15.9 Å². The van der Waals surface area contributed by atoms with Gasteiger partial charge in [0.1, 0.15) is 0 Å². The van der Waals surface area contributed by atoms with Gasteiger partial charge < -0.3 is 10.6 Å². The lowest BCUT2D eigenvalue weighted by molar-refractivity contribution is -0.119. The van der Waals surface area contributed by atoms with E-state index in [1.807, 2.05) is 12.1 Å². The second-order valence-corrected chi connectivity index (χ2v) is 5.87. The summed E-state index contributed by atoms with van der Waals surface area (Å²) < 4.78 is 0.872. The number of hydrogen-bond donors (Lipinski definition) is 2. The maximum Gasteiger partial charge on any atom is 0.221 e. The SMILES string of the molecule is CC(=O)Nc1cc2c(cc1Br)CC(NC(C)=O)C2C. The first-order valence-corrected chi connectivity index (χ1v) is 7.04. The minimum atomic E-state index is -0.0929. The van der Waals surface area contributed by atoms with Gasteiger partial charge in [-0.3, -0.25) is 9.59 Å². The molecular weight excluding hydrogens is 308 g/mol. The summed E-state index contributed by atoms with van der Waals surface area (Å²) in [4.78, 5) is 22.4. The van der Waals surface area contributed by atoms with Crippen molar-refractivity contribution in [2.24, 2.45) is 0 Å². The highest BCUT2D eigenvalue weighted by Gasteiger charge is 2.30. The zero-order valence-electron chi connectivity index (χ0n) is 11.2. The van der Waals surface area contributed by atoms with Crippen molar-refractivity contribution in [3.63, 3.8) is 0 Å². The summed E-state index contributed by atoms with van der Waals surface area (Å²) in [5.74, 6) is 0.148. The van der Waals surface area contributed by atoms with Gasteiger partial charge in [-0.1, -0.05) is 6.92 Å². The molecule has 2 rings (SSSR count). The smallest absolute Gasteiger partial charge is 0.221 e. The van der Waals surface area contributed by atoms with Gasteiger partial charge in [0.15, 0.2) is 0 Å². The Morgan fingerprint density at radius 2 is 1.95 bits per heavy atom. The standard InChI is InChI=1S/C14H17BrN2O2/c1-7-11-6-14(17-9(3)19)12(15)4-10(11)5-13(7)16-8(2)18/h4,6-7,13H,5H2,1-3H3,(H,16,18)(H,17,19). The number of carbonyl (C=O) groups is 2. The second-order valence-electron chi connectivity index (χ2n) is 5.01. The zero-order chi connectivity index (χ0) is 14.2. The van der Waals surface area contributed by atoms with Gasteiger partial charge in [0.05, 0.1) is 5.69 Å². The first kappa shape index (κ1) is 14.1. The molecule has 0 saturated carbocycles. The summed E-state index contributed by atoms with van der Waals surface area (Å²) in [7, 11) is 0. The predicted octanol–water partition coefficient (Wildman–Crippen LogP) is 2.57. The predicted molar refractivity (Wildman–Crippen MR) is 78.2 cm³/mol. The first-order valence-electron chi connectivity index (χ1n) is 6.25. The molecule has 0 radical (unpaired) electrons. The van der Waals surface area contributed by atoms with E-state index in [4.69, 9.17) is 0 Å². The molecule has 1 aliphatic carbocycles. The molecule has 0 aromatic heterocycles. The maximum absolute atomic E-state index is 11.2. The lowest BCUT2D eigenvalue weighted by atomic mass is 10.0. The fourth-order valence-electron chi connectivity index (χ4n) is 2.58. The molecule has 102 valence electrons. The Labute approximate surface area is 121 Å². The van der Waals surface area contributed by atoms with E-state index in [0.717, 1.165) is 16.6 Å². The topological polar surface area (TPSA) is 58.2 Å². The summed E-state index contributed by atoms with van der Waals surface area (Å²) in [5.41, 5.74) is 3.18. The molecule has 0 aliphatic heterocycles. The minimum absolute atomic E-state index is 0.00851. The molecule has 5 heteroatoms. The van der Waals surface area contributed by atoms with Crippen LogP contribution < -0.4 is 10.6 Å². The number of fused-ring (bicyclic) bond motifs is 1. The van der Waals surface area contributed by atoms with E-state index in [9.17, 15) is 9.59 Å². The Kier molecular flexibility index (Phi) is 3.94. The van der Waals surface area contributed by atoms with Gasteiger partial charge in [0.25, 0.3) is 0 Å². The molecule has 0 bridgehead atoms. The third-order valence-electron chi connectivity index (χ3n) is 3.46. The van der Waals surface area contributed by atoms with Crippen LogP contribution in [0.2, 0.25) is 0 Å². The van der Waals surface area contributed by atoms with Crippen molar-refractivity contribution in [3.05, 3.63) is 27.7 Å². The van der Waals surface area contributed by atoms with E-state index >= 15 is 0 Å². The van der Waals surface area contributed by atoms with E-state index in [-0.39, 0.29) is 23.8 Å². The highest BCUT2D eigenvalue weighted by atomic mass is 79.9. The van der Waals surface area contributed by atoms with Crippen LogP contribution in [-0.2, 0) is 16.0 Å². The number of anilines is 1. The molecular formula is C14H17BrN2O2. The van der Waals surface area contributed by atoms with Gasteiger partial charge in [-0.2, -0.15) is 0 Å². The van der Waals surface area contributed by atoms with Crippen molar-refractivity contribution in [2.45, 2.75) is 39.2 Å². The molecule has 4 nitrogen and oxygen atoms in total. The van der Waals surface area contributed by atoms with Crippen LogP contribution in [0.4, 0.5) is 5.69 Å². The summed E-state index contributed by atoms with van der Waals surface area (Å²) in [6, 6.07) is 4.15. The van der Waals surface area contributed by atoms with Gasteiger partial charge in [-0.15, -0.1) is 0 Å². The zero-order valence-corrected chi connectivity index (χ0v) is 12.8. The number of nitrogens with one attached hydrogen (secondary N) is 2. The van der Waals surface area contributed by atoms with Crippen molar-refractivity contribution in [2.75, 3.05) is 5.32 Å². The number of benzene rings is 1. The summed E-state index contributed by atoms with van der Waals surface area (Å²) >= 11 is 3.47. The first-order chi connectivity index (χ1) is 8.88. The Morgan fingerprint density at radius 3 is 2.53 bits per heavy atom. The van der Waals surface area contributed by atoms with E-state index in [1.165, 1.54) is 25.0 Å². The molecule has 1 aliphatic rings. The third kappa shape index (κ3) is 2.97. The van der Waals surface area contributed by atoms with Crippen molar-refractivity contribution in [1.29, 1.82) is 0 Å². The summed E-state index contributed by atoms with van der Waals surface area (Å²) in [6.07, 6.45) is 0.828. The molecule has 1 aromatic carbocycles. The maximum atomic E-state index is 11.2. The van der Waals surface area contributed by atoms with E-state index in [1.54, 1.807) is 0 Å². The highest BCUT2D eigenvalue weighted by molar-refractivity contribution is 9.10. The molecule has 2 amide bonds. The van der Waals surface area contributed by atoms with Crippen LogP contribution in [0, 0.1) is 0 Å². The Morgan fingerprint density at radius 1 is 1.26 bits per heavy atom. The van der Waals surface area contributed by atoms with Crippen LogP contribution in [0.25, 0.3) is 0 Å². The highest BCUT2D eigenvalue weighted by Crippen LogP contribution is 2.38. The van der Waals surface area contributed by atoms with Crippen molar-refractivity contribution in [1.82, 2.24) is 5.32 Å². The average molecular weight is 325 g/mol. The molecule has 0 saturated heterocycles. The molecule has 2 N–H and O–H groups in total. The minimum Gasteiger partial charge on any atom is -0.353 e. The van der Waals surface area contributed by atoms with Crippen LogP contribution in [0.15, 0.2) is 16.6 Å². The normalized spacial score (nSPS) is 20.8. The van der Waals surface area contributed by atoms with Gasteiger partial charge in [0.2, 0.25) is 11.8 Å². The Balaban J connectivity index is 2.30. The fraction of sp³-hybridized carbons (Fsp3) is 0.429. The van der Waals surface area contributed by atoms with Crippen LogP contribution in [0.3, 0.4) is 0 Å². The molecule has 1 aromatic rings. The number of halogens is 1. The van der Waals surface area contributed by atoms with Crippen LogP contribution in [0.5, 0.6) is 0 Å². The second kappa shape index (κ2) is 5.33. The molecule has 2 atom stereocenters. The van der Waals surface area contributed by atoms with E-state index in [2.05, 4.69) is 33.5 Å². The molecule has 2 unspecified atom stereocenters. The molecule has 0 fully saturated rings. The van der Waals surface area contributed by atoms with E-state index < -0.39 is 0 Å². The summed E-state index contributed by atoms with van der Waals surface area (Å²) in [5, 5.41) is 5.78. The largest absolute Gasteiger partial charge is 0.353 e. The van der Waals surface area contributed by atoms with Crippen molar-refractivity contribution < 1.29 is 9.59 Å².